The number of aryl methyl sites for hydroxylation is 2. The maximum Gasteiger partial charge on any atom is 0.164 e. The van der Waals surface area contributed by atoms with E-state index >= 15 is 0 Å². The Hall–Kier alpha value is -2.05. The molecule has 5 rings (SSSR count). The summed E-state index contributed by atoms with van der Waals surface area (Å²) >= 11 is 1.84. The summed E-state index contributed by atoms with van der Waals surface area (Å²) in [6.07, 6.45) is 11.0. The van der Waals surface area contributed by atoms with Gasteiger partial charge in [-0.05, 0) is 56.2 Å². The lowest BCUT2D eigenvalue weighted by atomic mass is 9.97. The first-order chi connectivity index (χ1) is 12.9. The Morgan fingerprint density at radius 3 is 3.00 bits per heavy atom. The predicted molar refractivity (Wildman–Crippen MR) is 105 cm³/mol. The molecule has 3 aromatic heterocycles. The molecular formula is C20H22N4OS. The van der Waals surface area contributed by atoms with Crippen LogP contribution in [0.4, 0.5) is 5.82 Å². The summed E-state index contributed by atoms with van der Waals surface area (Å²) in [5.74, 6) is 1.71. The van der Waals surface area contributed by atoms with Crippen LogP contribution in [0.1, 0.15) is 36.1 Å². The van der Waals surface area contributed by atoms with Crippen LogP contribution in [0, 0.1) is 0 Å². The van der Waals surface area contributed by atoms with Crippen molar-refractivity contribution in [2.24, 2.45) is 0 Å². The zero-order valence-corrected chi connectivity index (χ0v) is 15.5. The lowest BCUT2D eigenvalue weighted by molar-refractivity contribution is 0.120. The number of nitrogens with zero attached hydrogens (tertiary/aromatic N) is 3. The Balaban J connectivity index is 1.59. The van der Waals surface area contributed by atoms with E-state index in [9.17, 15) is 0 Å². The Bertz CT molecular complexity index is 918. The average molecular weight is 366 g/mol. The number of fused-ring (bicyclic) bond motifs is 3. The molecule has 0 aromatic carbocycles. The fraction of sp³-hybridized carbons (Fsp3) is 0.450. The molecule has 1 fully saturated rings. The SMILES string of the molecule is c1cncc(-c2nc(NC[C@H]3CCCO3)c3c4c(sc3n2)CCCC4)c1. The standard InChI is InChI=1S/C20H22N4OS/c1-2-8-16-15(7-1)17-19(22-12-14-6-4-10-25-14)23-18(24-20(17)26-16)13-5-3-9-21-11-13/h3,5,9,11,14H,1-2,4,6-8,10,12H2,(H,22,23,24)/t14-/m1/s1. The number of thiophene rings is 1. The minimum atomic E-state index is 0.288. The van der Waals surface area contributed by atoms with E-state index in [4.69, 9.17) is 14.7 Å². The largest absolute Gasteiger partial charge is 0.376 e. The van der Waals surface area contributed by atoms with Crippen LogP contribution in [0.2, 0.25) is 0 Å². The molecule has 1 saturated heterocycles. The van der Waals surface area contributed by atoms with Gasteiger partial charge >= 0.3 is 0 Å². The van der Waals surface area contributed by atoms with Gasteiger partial charge in [-0.25, -0.2) is 9.97 Å². The number of rotatable bonds is 4. The average Bonchev–Trinajstić information content (AvgIpc) is 3.34. The zero-order valence-electron chi connectivity index (χ0n) is 14.7. The summed E-state index contributed by atoms with van der Waals surface area (Å²) in [6.45, 7) is 1.68. The molecule has 0 saturated carbocycles. The van der Waals surface area contributed by atoms with Crippen molar-refractivity contribution >= 4 is 27.4 Å². The van der Waals surface area contributed by atoms with Gasteiger partial charge in [0, 0.05) is 36.0 Å². The fourth-order valence-electron chi connectivity index (χ4n) is 3.93. The van der Waals surface area contributed by atoms with E-state index in [1.54, 1.807) is 6.20 Å². The summed E-state index contributed by atoms with van der Waals surface area (Å²) in [5.41, 5.74) is 2.42. The van der Waals surface area contributed by atoms with E-state index in [-0.39, 0.29) is 6.10 Å². The van der Waals surface area contributed by atoms with Gasteiger partial charge in [0.1, 0.15) is 10.6 Å². The Morgan fingerprint density at radius 1 is 1.19 bits per heavy atom. The van der Waals surface area contributed by atoms with Crippen molar-refractivity contribution < 1.29 is 4.74 Å². The first kappa shape index (κ1) is 16.1. The van der Waals surface area contributed by atoms with Gasteiger partial charge < -0.3 is 10.1 Å². The van der Waals surface area contributed by atoms with Crippen LogP contribution in [0.3, 0.4) is 0 Å². The molecule has 3 aromatic rings. The maximum absolute atomic E-state index is 5.78. The second-order valence-corrected chi connectivity index (χ2v) is 8.13. The van der Waals surface area contributed by atoms with Crippen molar-refractivity contribution in [1.29, 1.82) is 0 Å². The van der Waals surface area contributed by atoms with Crippen molar-refractivity contribution in [1.82, 2.24) is 15.0 Å². The van der Waals surface area contributed by atoms with Crippen LogP contribution in [0.5, 0.6) is 0 Å². The van der Waals surface area contributed by atoms with Crippen LogP contribution in [-0.2, 0) is 17.6 Å². The molecule has 4 heterocycles. The molecule has 2 aliphatic rings. The van der Waals surface area contributed by atoms with Gasteiger partial charge in [-0.1, -0.05) is 0 Å². The lowest BCUT2D eigenvalue weighted by Gasteiger charge is -2.15. The summed E-state index contributed by atoms with van der Waals surface area (Å²) in [7, 11) is 0. The van der Waals surface area contributed by atoms with Crippen molar-refractivity contribution in [2.75, 3.05) is 18.5 Å². The van der Waals surface area contributed by atoms with Crippen molar-refractivity contribution in [3.63, 3.8) is 0 Å². The fourth-order valence-corrected chi connectivity index (χ4v) is 5.19. The topological polar surface area (TPSA) is 59.9 Å². The van der Waals surface area contributed by atoms with Crippen LogP contribution in [0.15, 0.2) is 24.5 Å². The zero-order chi connectivity index (χ0) is 17.3. The van der Waals surface area contributed by atoms with E-state index in [1.165, 1.54) is 35.1 Å². The third kappa shape index (κ3) is 2.97. The molecule has 26 heavy (non-hydrogen) atoms. The number of pyridine rings is 1. The van der Waals surface area contributed by atoms with E-state index in [0.29, 0.717) is 0 Å². The van der Waals surface area contributed by atoms with Crippen molar-refractivity contribution in [3.05, 3.63) is 35.0 Å². The number of ether oxygens (including phenoxy) is 1. The third-order valence-electron chi connectivity index (χ3n) is 5.26. The van der Waals surface area contributed by atoms with E-state index in [2.05, 4.69) is 10.3 Å². The highest BCUT2D eigenvalue weighted by molar-refractivity contribution is 7.19. The Kier molecular flexibility index (Phi) is 4.30. The van der Waals surface area contributed by atoms with E-state index in [0.717, 1.165) is 54.5 Å². The summed E-state index contributed by atoms with van der Waals surface area (Å²) < 4.78 is 5.78. The molecule has 0 unspecified atom stereocenters. The highest BCUT2D eigenvalue weighted by atomic mass is 32.1. The van der Waals surface area contributed by atoms with Gasteiger partial charge in [0.2, 0.25) is 0 Å². The second kappa shape index (κ2) is 6.93. The lowest BCUT2D eigenvalue weighted by Crippen LogP contribution is -2.19. The highest BCUT2D eigenvalue weighted by Crippen LogP contribution is 2.39. The van der Waals surface area contributed by atoms with Gasteiger partial charge in [0.15, 0.2) is 5.82 Å². The highest BCUT2D eigenvalue weighted by Gasteiger charge is 2.23. The summed E-state index contributed by atoms with van der Waals surface area (Å²) in [6, 6.07) is 3.95. The molecule has 0 radical (unpaired) electrons. The molecule has 1 atom stereocenters. The Labute approximate surface area is 156 Å². The minimum Gasteiger partial charge on any atom is -0.376 e. The minimum absolute atomic E-state index is 0.288. The number of anilines is 1. The van der Waals surface area contributed by atoms with Gasteiger partial charge in [0.25, 0.3) is 0 Å². The van der Waals surface area contributed by atoms with Crippen LogP contribution in [0.25, 0.3) is 21.6 Å². The second-order valence-electron chi connectivity index (χ2n) is 7.04. The molecule has 6 heteroatoms. The van der Waals surface area contributed by atoms with Gasteiger partial charge in [-0.3, -0.25) is 4.98 Å². The van der Waals surface area contributed by atoms with Crippen molar-refractivity contribution in [2.45, 2.75) is 44.6 Å². The molecule has 1 aliphatic heterocycles. The molecule has 0 amide bonds. The molecule has 0 bridgehead atoms. The number of aromatic nitrogens is 3. The first-order valence-electron chi connectivity index (χ1n) is 9.46. The van der Waals surface area contributed by atoms with Crippen molar-refractivity contribution in [3.8, 4) is 11.4 Å². The maximum atomic E-state index is 5.78. The Morgan fingerprint density at radius 2 is 2.15 bits per heavy atom. The van der Waals surface area contributed by atoms with Crippen LogP contribution >= 0.6 is 11.3 Å². The number of nitrogens with one attached hydrogen (secondary N) is 1. The number of hydrogen-bond donors (Lipinski definition) is 1. The predicted octanol–water partition coefficient (Wildman–Crippen LogP) is 4.22. The summed E-state index contributed by atoms with van der Waals surface area (Å²) in [4.78, 5) is 16.6. The van der Waals surface area contributed by atoms with Crippen LogP contribution in [-0.4, -0.2) is 34.2 Å². The molecule has 1 N–H and O–H groups in total. The van der Waals surface area contributed by atoms with Gasteiger partial charge in [-0.2, -0.15) is 0 Å². The van der Waals surface area contributed by atoms with E-state index in [1.807, 2.05) is 29.7 Å². The quantitative estimate of drug-likeness (QED) is 0.749. The third-order valence-corrected chi connectivity index (χ3v) is 6.44. The molecule has 0 spiro atoms. The summed E-state index contributed by atoms with van der Waals surface area (Å²) in [5, 5.41) is 4.82. The molecular weight excluding hydrogens is 344 g/mol. The number of hydrogen-bond acceptors (Lipinski definition) is 6. The molecule has 134 valence electrons. The van der Waals surface area contributed by atoms with E-state index < -0.39 is 0 Å². The molecule has 5 nitrogen and oxygen atoms in total. The van der Waals surface area contributed by atoms with Gasteiger partial charge in [0.05, 0.1) is 11.5 Å². The normalized spacial score (nSPS) is 19.6. The van der Waals surface area contributed by atoms with Gasteiger partial charge in [-0.15, -0.1) is 11.3 Å². The molecule has 1 aliphatic carbocycles. The monoisotopic (exact) mass is 366 g/mol. The smallest absolute Gasteiger partial charge is 0.164 e. The van der Waals surface area contributed by atoms with Crippen LogP contribution < -0.4 is 5.32 Å². The first-order valence-corrected chi connectivity index (χ1v) is 10.3.